The normalized spacial score (nSPS) is 44.2. The van der Waals surface area contributed by atoms with E-state index in [2.05, 4.69) is 0 Å². The number of carboxylic acids is 1. The van der Waals surface area contributed by atoms with E-state index >= 15 is 0 Å². The fourth-order valence-electron chi connectivity index (χ4n) is 5.35. The number of rotatable bonds is 2. The first-order valence-electron chi connectivity index (χ1n) is 9.65. The van der Waals surface area contributed by atoms with Gasteiger partial charge in [-0.25, -0.2) is 0 Å². The molecule has 7 atom stereocenters. The summed E-state index contributed by atoms with van der Waals surface area (Å²) in [5.74, 6) is -5.41. The lowest BCUT2D eigenvalue weighted by molar-refractivity contribution is -0.373. The molecule has 160 valence electrons. The minimum Gasteiger partial charge on any atom is -0.507 e. The van der Waals surface area contributed by atoms with Crippen LogP contribution in [0, 0.1) is 0 Å². The number of Topliss-reactive ketones (excluding diaryl/α,β-unsaturated/α-hetero) is 2. The molecule has 0 bridgehead atoms. The quantitative estimate of drug-likeness (QED) is 0.470. The summed E-state index contributed by atoms with van der Waals surface area (Å²) in [4.78, 5) is 38.4. The van der Waals surface area contributed by atoms with Crippen LogP contribution in [-0.2, 0) is 19.0 Å². The van der Waals surface area contributed by atoms with Crippen molar-refractivity contribution in [3.8, 4) is 5.75 Å². The van der Waals surface area contributed by atoms with Crippen molar-refractivity contribution in [3.63, 3.8) is 0 Å². The van der Waals surface area contributed by atoms with Gasteiger partial charge in [0.05, 0.1) is 30.3 Å². The zero-order chi connectivity index (χ0) is 21.6. The molecule has 10 nitrogen and oxygen atoms in total. The van der Waals surface area contributed by atoms with Crippen LogP contribution in [0.2, 0.25) is 0 Å². The van der Waals surface area contributed by atoms with Gasteiger partial charge in [-0.2, -0.15) is 0 Å². The van der Waals surface area contributed by atoms with Crippen LogP contribution >= 0.6 is 0 Å². The zero-order valence-electron chi connectivity index (χ0n) is 15.9. The van der Waals surface area contributed by atoms with Gasteiger partial charge in [0.15, 0.2) is 11.4 Å². The molecule has 3 saturated heterocycles. The third-order valence-electron chi connectivity index (χ3n) is 6.51. The van der Waals surface area contributed by atoms with Gasteiger partial charge in [0, 0.05) is 18.4 Å². The maximum Gasteiger partial charge on any atom is 0.305 e. The second-order valence-electron chi connectivity index (χ2n) is 8.35. The van der Waals surface area contributed by atoms with Gasteiger partial charge in [-0.05, 0) is 13.0 Å². The highest BCUT2D eigenvalue weighted by Gasteiger charge is 2.93. The van der Waals surface area contributed by atoms with Crippen molar-refractivity contribution in [2.75, 3.05) is 0 Å². The highest BCUT2D eigenvalue weighted by Crippen LogP contribution is 2.69. The molecule has 30 heavy (non-hydrogen) atoms. The number of benzene rings is 1. The van der Waals surface area contributed by atoms with Crippen LogP contribution in [-0.4, -0.2) is 79.4 Å². The lowest BCUT2D eigenvalue weighted by Crippen LogP contribution is -2.74. The summed E-state index contributed by atoms with van der Waals surface area (Å²) < 4.78 is 17.6. The van der Waals surface area contributed by atoms with Crippen LogP contribution in [0.3, 0.4) is 0 Å². The topological polar surface area (TPSA) is 163 Å². The number of ketones is 2. The van der Waals surface area contributed by atoms with Crippen LogP contribution < -0.4 is 0 Å². The number of ether oxygens (including phenoxy) is 3. The van der Waals surface area contributed by atoms with E-state index in [4.69, 9.17) is 14.2 Å². The molecular weight excluding hydrogens is 400 g/mol. The first-order chi connectivity index (χ1) is 14.1. The van der Waals surface area contributed by atoms with Crippen molar-refractivity contribution >= 4 is 17.5 Å². The van der Waals surface area contributed by atoms with Gasteiger partial charge < -0.3 is 34.6 Å². The van der Waals surface area contributed by atoms with E-state index in [0.29, 0.717) is 0 Å². The Kier molecular flexibility index (Phi) is 3.83. The summed E-state index contributed by atoms with van der Waals surface area (Å²) in [5.41, 5.74) is -4.30. The molecule has 3 fully saturated rings. The molecule has 10 heteroatoms. The summed E-state index contributed by atoms with van der Waals surface area (Å²) in [7, 11) is 0. The minimum absolute atomic E-state index is 0.0307. The van der Waals surface area contributed by atoms with Crippen molar-refractivity contribution in [3.05, 3.63) is 29.3 Å². The van der Waals surface area contributed by atoms with Gasteiger partial charge in [-0.3, -0.25) is 14.4 Å². The average Bonchev–Trinajstić information content (AvgIpc) is 3.36. The zero-order valence-corrected chi connectivity index (χ0v) is 15.9. The third-order valence-corrected chi connectivity index (χ3v) is 6.51. The van der Waals surface area contributed by atoms with E-state index in [1.54, 1.807) is 6.92 Å². The molecule has 0 radical (unpaired) electrons. The van der Waals surface area contributed by atoms with Gasteiger partial charge in [-0.15, -0.1) is 0 Å². The number of carboxylic acid groups (broad SMARTS) is 1. The number of phenolic OH excluding ortho intramolecular Hbond substituents is 1. The number of aliphatic hydroxyl groups excluding tert-OH is 2. The number of hydrogen-bond donors (Lipinski definition) is 4. The van der Waals surface area contributed by atoms with Gasteiger partial charge in [0.1, 0.15) is 11.9 Å². The van der Waals surface area contributed by atoms with Gasteiger partial charge in [-0.1, -0.05) is 12.1 Å². The molecule has 3 heterocycles. The Morgan fingerprint density at radius 2 is 1.93 bits per heavy atom. The van der Waals surface area contributed by atoms with Crippen molar-refractivity contribution in [1.82, 2.24) is 0 Å². The van der Waals surface area contributed by atoms with E-state index in [1.807, 2.05) is 0 Å². The lowest BCUT2D eigenvalue weighted by Gasteiger charge is -2.52. The van der Waals surface area contributed by atoms with Gasteiger partial charge >= 0.3 is 5.97 Å². The third kappa shape index (κ3) is 2.07. The van der Waals surface area contributed by atoms with E-state index in [-0.39, 0.29) is 24.0 Å². The SMILES string of the molecule is C[C@@H]1C[C@H](O)[C@@H](O)[C@@]2(O[C@H](CC(=O)O)C[C@@]34O[C@@]23C(=O)c2c(O)cccc2C4=O)O1. The van der Waals surface area contributed by atoms with Crippen LogP contribution in [0.4, 0.5) is 0 Å². The number of aliphatic carboxylic acids is 1. The molecule has 3 aliphatic heterocycles. The maximum absolute atomic E-state index is 13.6. The summed E-state index contributed by atoms with van der Waals surface area (Å²) in [6.45, 7) is 1.59. The molecule has 1 aliphatic carbocycles. The Morgan fingerprint density at radius 1 is 1.20 bits per heavy atom. The average molecular weight is 420 g/mol. The number of carbonyl (C=O) groups is 3. The van der Waals surface area contributed by atoms with E-state index in [9.17, 15) is 34.8 Å². The summed E-state index contributed by atoms with van der Waals surface area (Å²) in [5, 5.41) is 40.9. The number of aromatic hydroxyl groups is 1. The molecule has 0 saturated carbocycles. The van der Waals surface area contributed by atoms with Crippen LogP contribution in [0.15, 0.2) is 18.2 Å². The van der Waals surface area contributed by atoms with Crippen molar-refractivity contribution < 1.29 is 49.0 Å². The number of carbonyl (C=O) groups excluding carboxylic acids is 2. The molecular formula is C20H20O10. The molecule has 4 aliphatic rings. The minimum atomic E-state index is -2.31. The summed E-state index contributed by atoms with van der Waals surface area (Å²) in [6, 6.07) is 4.03. The summed E-state index contributed by atoms with van der Waals surface area (Å²) >= 11 is 0. The molecule has 4 N–H and O–H groups in total. The molecule has 0 amide bonds. The number of epoxide rings is 1. The molecule has 1 aromatic rings. The van der Waals surface area contributed by atoms with Crippen molar-refractivity contribution in [2.45, 2.75) is 67.6 Å². The van der Waals surface area contributed by atoms with Gasteiger partial charge in [0.2, 0.25) is 17.2 Å². The largest absolute Gasteiger partial charge is 0.507 e. The first kappa shape index (κ1) is 19.6. The standard InChI is InChI=1S/C20H20O10/c1-8-5-12(22)16(26)20(28-8)19-17(27)14-10(3-2-4-11(14)21)15(25)18(19,30-19)7-9(29-20)6-13(23)24/h2-4,8-9,12,16,21-22,26H,5-7H2,1H3,(H,23,24)/t8-,9-,12+,16-,18+,19-,20+/m1/s1. The van der Waals surface area contributed by atoms with Crippen molar-refractivity contribution in [1.29, 1.82) is 0 Å². The number of hydrogen-bond acceptors (Lipinski definition) is 9. The Balaban J connectivity index is 1.74. The second-order valence-corrected chi connectivity index (χ2v) is 8.35. The van der Waals surface area contributed by atoms with E-state index < -0.39 is 71.1 Å². The van der Waals surface area contributed by atoms with E-state index in [0.717, 1.165) is 0 Å². The highest BCUT2D eigenvalue weighted by molar-refractivity contribution is 6.27. The number of phenols is 1. The van der Waals surface area contributed by atoms with E-state index in [1.165, 1.54) is 18.2 Å². The number of fused-ring (bicyclic) bond motifs is 1. The highest BCUT2D eigenvalue weighted by atomic mass is 16.8. The van der Waals surface area contributed by atoms with Crippen LogP contribution in [0.1, 0.15) is 46.9 Å². The van der Waals surface area contributed by atoms with Crippen LogP contribution in [0.25, 0.3) is 0 Å². The second kappa shape index (κ2) is 5.86. The predicted octanol–water partition coefficient (Wildman–Crippen LogP) is -0.231. The Hall–Kier alpha value is -2.37. The maximum atomic E-state index is 13.6. The molecule has 1 spiro atoms. The molecule has 0 unspecified atom stereocenters. The molecule has 5 rings (SSSR count). The first-order valence-corrected chi connectivity index (χ1v) is 9.65. The Bertz CT molecular complexity index is 990. The Labute approximate surface area is 170 Å². The summed E-state index contributed by atoms with van der Waals surface area (Å²) in [6.07, 6.45) is -5.74. The fourth-order valence-corrected chi connectivity index (χ4v) is 5.35. The van der Waals surface area contributed by atoms with Gasteiger partial charge in [0.25, 0.3) is 0 Å². The van der Waals surface area contributed by atoms with Crippen LogP contribution in [0.5, 0.6) is 5.75 Å². The molecule has 0 aromatic heterocycles. The van der Waals surface area contributed by atoms with Crippen molar-refractivity contribution in [2.24, 2.45) is 0 Å². The monoisotopic (exact) mass is 420 g/mol. The lowest BCUT2D eigenvalue weighted by atomic mass is 9.64. The Morgan fingerprint density at radius 3 is 2.63 bits per heavy atom. The predicted molar refractivity (Wildman–Crippen MR) is 95.0 cm³/mol. The molecule has 1 aromatic carbocycles. The smallest absolute Gasteiger partial charge is 0.305 e. The number of aliphatic hydroxyl groups is 2. The fraction of sp³-hybridized carbons (Fsp3) is 0.550.